The molecule has 3 amide bonds. The lowest BCUT2D eigenvalue weighted by Crippen LogP contribution is -2.50. The van der Waals surface area contributed by atoms with E-state index in [2.05, 4.69) is 5.32 Å². The first-order chi connectivity index (χ1) is 10.6. The minimum absolute atomic E-state index is 0.353. The Morgan fingerprint density at radius 1 is 0.909 bits per heavy atom. The number of hydrogen-bond donors (Lipinski definition) is 2. The van der Waals surface area contributed by atoms with Crippen molar-refractivity contribution in [1.82, 2.24) is 5.32 Å². The summed E-state index contributed by atoms with van der Waals surface area (Å²) in [5.74, 6) is -0.484. The summed E-state index contributed by atoms with van der Waals surface area (Å²) in [7, 11) is 0. The lowest BCUT2D eigenvalue weighted by atomic mass is 10.2. The number of carbonyl (C=O) groups is 2. The highest BCUT2D eigenvalue weighted by Crippen LogP contribution is 2.36. The summed E-state index contributed by atoms with van der Waals surface area (Å²) in [5.41, 5.74) is 5.95. The van der Waals surface area contributed by atoms with E-state index in [1.165, 1.54) is 0 Å². The van der Waals surface area contributed by atoms with E-state index in [9.17, 15) is 9.59 Å². The van der Waals surface area contributed by atoms with Crippen LogP contribution < -0.4 is 16.0 Å². The van der Waals surface area contributed by atoms with Gasteiger partial charge in [0, 0.05) is 0 Å². The number of urea groups is 1. The van der Waals surface area contributed by atoms with Crippen molar-refractivity contribution in [2.45, 2.75) is 18.4 Å². The lowest BCUT2D eigenvalue weighted by Gasteiger charge is -2.25. The van der Waals surface area contributed by atoms with Crippen LogP contribution >= 0.6 is 0 Å². The van der Waals surface area contributed by atoms with Gasteiger partial charge in [-0.2, -0.15) is 0 Å². The smallest absolute Gasteiger partial charge is 0.327 e. The number of para-hydroxylation sites is 2. The fraction of sp³-hybridized carbons (Fsp3) is 0.176. The van der Waals surface area contributed by atoms with Crippen LogP contribution in [-0.2, 0) is 4.79 Å². The van der Waals surface area contributed by atoms with Crippen LogP contribution in [0, 0.1) is 0 Å². The third-order valence-electron chi connectivity index (χ3n) is 3.80. The van der Waals surface area contributed by atoms with E-state index in [-0.39, 0.29) is 6.03 Å². The molecule has 0 saturated heterocycles. The normalized spacial score (nSPS) is 14.9. The number of amides is 3. The summed E-state index contributed by atoms with van der Waals surface area (Å²) in [6, 6.07) is 18.2. The number of nitrogens with two attached hydrogens (primary N) is 1. The maximum Gasteiger partial charge on any atom is 0.327 e. The quantitative estimate of drug-likeness (QED) is 0.909. The molecule has 0 radical (unpaired) electrons. The van der Waals surface area contributed by atoms with Crippen molar-refractivity contribution in [3.63, 3.8) is 0 Å². The van der Waals surface area contributed by atoms with Crippen molar-refractivity contribution in [2.75, 3.05) is 4.90 Å². The molecule has 3 rings (SSSR count). The Kier molecular flexibility index (Phi) is 3.55. The third-order valence-corrected chi connectivity index (χ3v) is 3.80. The van der Waals surface area contributed by atoms with Crippen LogP contribution in [0.2, 0.25) is 0 Å². The first-order valence-electron chi connectivity index (χ1n) is 7.15. The average molecular weight is 295 g/mol. The van der Waals surface area contributed by atoms with Crippen molar-refractivity contribution >= 4 is 23.3 Å². The van der Waals surface area contributed by atoms with Gasteiger partial charge in [-0.1, -0.05) is 36.4 Å². The zero-order valence-corrected chi connectivity index (χ0v) is 12.0. The second kappa shape index (κ2) is 5.52. The maximum atomic E-state index is 12.7. The van der Waals surface area contributed by atoms with E-state index in [0.29, 0.717) is 12.8 Å². The second-order valence-corrected chi connectivity index (χ2v) is 5.38. The van der Waals surface area contributed by atoms with E-state index < -0.39 is 11.4 Å². The molecule has 0 aliphatic heterocycles. The number of rotatable bonds is 4. The Bertz CT molecular complexity index is 642. The molecule has 0 heterocycles. The van der Waals surface area contributed by atoms with Crippen molar-refractivity contribution in [3.05, 3.63) is 60.7 Å². The molecular weight excluding hydrogens is 278 g/mol. The Labute approximate surface area is 128 Å². The Morgan fingerprint density at radius 2 is 1.36 bits per heavy atom. The molecule has 2 aromatic rings. The number of nitrogens with zero attached hydrogens (tertiary/aromatic N) is 1. The van der Waals surface area contributed by atoms with E-state index in [1.807, 2.05) is 60.7 Å². The van der Waals surface area contributed by atoms with Crippen LogP contribution in [0.3, 0.4) is 0 Å². The van der Waals surface area contributed by atoms with Gasteiger partial charge in [0.05, 0.1) is 11.4 Å². The van der Waals surface area contributed by atoms with Crippen molar-refractivity contribution in [3.8, 4) is 0 Å². The fourth-order valence-corrected chi connectivity index (χ4v) is 2.36. The van der Waals surface area contributed by atoms with E-state index in [0.717, 1.165) is 11.4 Å². The summed E-state index contributed by atoms with van der Waals surface area (Å²) >= 11 is 0. The Balaban J connectivity index is 1.93. The number of carbonyl (C=O) groups excluding carboxylic acids is 2. The molecule has 0 aromatic heterocycles. The molecule has 2 aromatic carbocycles. The van der Waals surface area contributed by atoms with Crippen LogP contribution in [0.5, 0.6) is 0 Å². The van der Waals surface area contributed by atoms with Crippen LogP contribution in [0.4, 0.5) is 16.2 Å². The largest absolute Gasteiger partial charge is 0.368 e. The summed E-state index contributed by atoms with van der Waals surface area (Å²) < 4.78 is 0. The van der Waals surface area contributed by atoms with Gasteiger partial charge in [-0.05, 0) is 37.1 Å². The molecule has 0 unspecified atom stereocenters. The number of hydrogen-bond acceptors (Lipinski definition) is 2. The second-order valence-electron chi connectivity index (χ2n) is 5.38. The predicted octanol–water partition coefficient (Wildman–Crippen LogP) is 2.55. The van der Waals surface area contributed by atoms with Crippen molar-refractivity contribution in [2.24, 2.45) is 5.73 Å². The summed E-state index contributed by atoms with van der Waals surface area (Å²) in [6.45, 7) is 0. The van der Waals surface area contributed by atoms with Gasteiger partial charge in [0.25, 0.3) is 0 Å². The number of primary amides is 1. The monoisotopic (exact) mass is 295 g/mol. The summed E-state index contributed by atoms with van der Waals surface area (Å²) in [6.07, 6.45) is 1.18. The van der Waals surface area contributed by atoms with Crippen LogP contribution in [-0.4, -0.2) is 17.5 Å². The van der Waals surface area contributed by atoms with E-state index in [1.54, 1.807) is 4.90 Å². The van der Waals surface area contributed by atoms with Crippen LogP contribution in [0.15, 0.2) is 60.7 Å². The van der Waals surface area contributed by atoms with Gasteiger partial charge in [0.1, 0.15) is 5.54 Å². The van der Waals surface area contributed by atoms with Gasteiger partial charge in [-0.25, -0.2) is 4.79 Å². The highest BCUT2D eigenvalue weighted by Gasteiger charge is 2.50. The minimum Gasteiger partial charge on any atom is -0.368 e. The minimum atomic E-state index is -0.890. The molecule has 0 spiro atoms. The van der Waals surface area contributed by atoms with Gasteiger partial charge in [-0.3, -0.25) is 9.69 Å². The van der Waals surface area contributed by atoms with E-state index in [4.69, 9.17) is 5.73 Å². The van der Waals surface area contributed by atoms with Gasteiger partial charge in [-0.15, -0.1) is 0 Å². The molecule has 22 heavy (non-hydrogen) atoms. The van der Waals surface area contributed by atoms with Gasteiger partial charge in [0.15, 0.2) is 0 Å². The first-order valence-corrected chi connectivity index (χ1v) is 7.15. The molecule has 5 nitrogen and oxygen atoms in total. The predicted molar refractivity (Wildman–Crippen MR) is 84.7 cm³/mol. The Hall–Kier alpha value is -2.82. The van der Waals surface area contributed by atoms with Crippen LogP contribution in [0.25, 0.3) is 0 Å². The standard InChI is InChI=1S/C17H17N3O2/c18-15(21)17(11-12-17)19-16(22)20(13-7-3-1-4-8-13)14-9-5-2-6-10-14/h1-10H,11-12H2,(H2,18,21)(H,19,22). The fourth-order valence-electron chi connectivity index (χ4n) is 2.36. The SMILES string of the molecule is NC(=O)C1(NC(=O)N(c2ccccc2)c2ccccc2)CC1. The molecule has 1 saturated carbocycles. The highest BCUT2D eigenvalue weighted by molar-refractivity contribution is 6.03. The molecule has 3 N–H and O–H groups in total. The molecule has 1 aliphatic carbocycles. The van der Waals surface area contributed by atoms with Gasteiger partial charge >= 0.3 is 6.03 Å². The first kappa shape index (κ1) is 14.1. The topological polar surface area (TPSA) is 75.4 Å². The average Bonchev–Trinajstić information content (AvgIpc) is 3.30. The lowest BCUT2D eigenvalue weighted by molar-refractivity contribution is -0.120. The van der Waals surface area contributed by atoms with Gasteiger partial charge in [0.2, 0.25) is 5.91 Å². The molecule has 1 aliphatic rings. The molecule has 1 fully saturated rings. The van der Waals surface area contributed by atoms with Crippen molar-refractivity contribution in [1.29, 1.82) is 0 Å². The zero-order chi connectivity index (χ0) is 15.6. The maximum absolute atomic E-state index is 12.7. The van der Waals surface area contributed by atoms with Crippen molar-refractivity contribution < 1.29 is 9.59 Å². The number of nitrogens with one attached hydrogen (secondary N) is 1. The Morgan fingerprint density at radius 3 is 1.73 bits per heavy atom. The molecule has 0 atom stereocenters. The number of anilines is 2. The highest BCUT2D eigenvalue weighted by atomic mass is 16.2. The molecule has 0 bridgehead atoms. The van der Waals surface area contributed by atoms with Gasteiger partial charge < -0.3 is 11.1 Å². The summed E-state index contributed by atoms with van der Waals surface area (Å²) in [5, 5.41) is 2.78. The third kappa shape index (κ3) is 2.65. The molecule has 5 heteroatoms. The van der Waals surface area contributed by atoms with E-state index >= 15 is 0 Å². The van der Waals surface area contributed by atoms with Crippen LogP contribution in [0.1, 0.15) is 12.8 Å². The number of benzene rings is 2. The molecule has 112 valence electrons. The summed E-state index contributed by atoms with van der Waals surface area (Å²) in [4.78, 5) is 25.8. The molecular formula is C17H17N3O2. The zero-order valence-electron chi connectivity index (χ0n) is 12.0.